The maximum atomic E-state index is 13.1. The van der Waals surface area contributed by atoms with E-state index in [4.69, 9.17) is 5.73 Å². The van der Waals surface area contributed by atoms with E-state index in [2.05, 4.69) is 24.8 Å². The molecule has 4 rings (SSSR count). The normalized spacial score (nSPS) is 17.4. The number of aromatic amines is 1. The lowest BCUT2D eigenvalue weighted by Crippen LogP contribution is -2.47. The highest BCUT2D eigenvalue weighted by molar-refractivity contribution is 5.82. The molecule has 1 saturated heterocycles. The summed E-state index contributed by atoms with van der Waals surface area (Å²) in [5, 5.41) is 0. The number of fused-ring (bicyclic) bond motifs is 1. The molecule has 0 spiro atoms. The zero-order chi connectivity index (χ0) is 19.1. The zero-order valence-electron chi connectivity index (χ0n) is 14.5. The van der Waals surface area contributed by atoms with Gasteiger partial charge in [-0.3, -0.25) is 0 Å². The van der Waals surface area contributed by atoms with Crippen LogP contribution in [0.4, 0.5) is 19.0 Å². The van der Waals surface area contributed by atoms with Crippen molar-refractivity contribution >= 4 is 17.0 Å². The second-order valence-corrected chi connectivity index (χ2v) is 6.85. The minimum Gasteiger partial charge on any atom is -0.355 e. The van der Waals surface area contributed by atoms with E-state index < -0.39 is 17.2 Å². The van der Waals surface area contributed by atoms with Crippen molar-refractivity contribution in [2.24, 2.45) is 5.73 Å². The van der Waals surface area contributed by atoms with Crippen molar-refractivity contribution < 1.29 is 13.2 Å². The van der Waals surface area contributed by atoms with Crippen LogP contribution in [0.2, 0.25) is 0 Å². The Labute approximate surface area is 153 Å². The van der Waals surface area contributed by atoms with Crippen LogP contribution in [0.25, 0.3) is 11.2 Å². The summed E-state index contributed by atoms with van der Waals surface area (Å²) in [6.07, 6.45) is -0.0342. The van der Waals surface area contributed by atoms with Crippen molar-refractivity contribution in [1.82, 2.24) is 19.9 Å². The largest absolute Gasteiger partial charge is 0.416 e. The van der Waals surface area contributed by atoms with Gasteiger partial charge in [-0.25, -0.2) is 15.0 Å². The fourth-order valence-electron chi connectivity index (χ4n) is 3.77. The third-order valence-corrected chi connectivity index (χ3v) is 5.41. The molecule has 27 heavy (non-hydrogen) atoms. The van der Waals surface area contributed by atoms with E-state index in [9.17, 15) is 13.2 Å². The number of anilines is 1. The van der Waals surface area contributed by atoms with Crippen LogP contribution in [0, 0.1) is 0 Å². The highest BCUT2D eigenvalue weighted by Gasteiger charge is 2.38. The number of aromatic nitrogens is 4. The van der Waals surface area contributed by atoms with Crippen LogP contribution < -0.4 is 10.6 Å². The van der Waals surface area contributed by atoms with Crippen LogP contribution in [-0.2, 0) is 11.6 Å². The third-order valence-electron chi connectivity index (χ3n) is 5.41. The monoisotopic (exact) mass is 376 g/mol. The molecule has 0 unspecified atom stereocenters. The van der Waals surface area contributed by atoms with Gasteiger partial charge in [-0.1, -0.05) is 18.2 Å². The molecule has 1 aromatic carbocycles. The number of nitrogens with two attached hydrogens (primary N) is 1. The Morgan fingerprint density at radius 2 is 1.93 bits per heavy atom. The van der Waals surface area contributed by atoms with Crippen LogP contribution >= 0.6 is 0 Å². The molecule has 6 nitrogen and oxygen atoms in total. The molecule has 0 radical (unpaired) electrons. The summed E-state index contributed by atoms with van der Waals surface area (Å²) >= 11 is 0. The zero-order valence-corrected chi connectivity index (χ0v) is 14.5. The number of imidazole rings is 1. The topological polar surface area (TPSA) is 83.7 Å². The van der Waals surface area contributed by atoms with E-state index in [1.54, 1.807) is 12.4 Å². The molecule has 1 fully saturated rings. The van der Waals surface area contributed by atoms with Crippen molar-refractivity contribution in [3.63, 3.8) is 0 Å². The van der Waals surface area contributed by atoms with Gasteiger partial charge in [0.2, 0.25) is 0 Å². The molecule has 3 N–H and O–H groups in total. The van der Waals surface area contributed by atoms with Gasteiger partial charge in [0.1, 0.15) is 11.8 Å². The van der Waals surface area contributed by atoms with Crippen molar-refractivity contribution in [1.29, 1.82) is 0 Å². The van der Waals surface area contributed by atoms with E-state index >= 15 is 0 Å². The predicted octanol–water partition coefficient (Wildman–Crippen LogP) is 2.87. The Morgan fingerprint density at radius 3 is 2.63 bits per heavy atom. The smallest absolute Gasteiger partial charge is 0.355 e. The summed E-state index contributed by atoms with van der Waals surface area (Å²) in [5.74, 6) is 0.732. The fourth-order valence-corrected chi connectivity index (χ4v) is 3.77. The van der Waals surface area contributed by atoms with Gasteiger partial charge in [-0.15, -0.1) is 0 Å². The van der Waals surface area contributed by atoms with Crippen LogP contribution in [-0.4, -0.2) is 39.6 Å². The van der Waals surface area contributed by atoms with Gasteiger partial charge in [-0.2, -0.15) is 13.2 Å². The summed E-state index contributed by atoms with van der Waals surface area (Å²) in [4.78, 5) is 17.8. The summed E-state index contributed by atoms with van der Waals surface area (Å²) in [5.41, 5.74) is 6.93. The SMILES string of the molecule is NCC1(c2cccc(C(F)(F)F)c2)CCN(c2ncnc3[nH]cnc23)CC1. The molecular weight excluding hydrogens is 357 g/mol. The molecule has 0 aliphatic carbocycles. The first-order valence-corrected chi connectivity index (χ1v) is 8.70. The first kappa shape index (κ1) is 17.7. The molecule has 142 valence electrons. The highest BCUT2D eigenvalue weighted by Crippen LogP contribution is 2.39. The summed E-state index contributed by atoms with van der Waals surface area (Å²) in [6.45, 7) is 1.56. The van der Waals surface area contributed by atoms with E-state index in [0.717, 1.165) is 11.9 Å². The van der Waals surface area contributed by atoms with Gasteiger partial charge in [0.25, 0.3) is 0 Å². The number of alkyl halides is 3. The number of nitrogens with one attached hydrogen (secondary N) is 1. The number of halogens is 3. The highest BCUT2D eigenvalue weighted by atomic mass is 19.4. The number of H-pyrrole nitrogens is 1. The van der Waals surface area contributed by atoms with Crippen LogP contribution in [0.3, 0.4) is 0 Å². The summed E-state index contributed by atoms with van der Waals surface area (Å²) in [7, 11) is 0. The number of hydrogen-bond acceptors (Lipinski definition) is 5. The standard InChI is InChI=1S/C18H19F3N6/c19-18(20,21)13-3-1-2-12(8-13)17(9-22)4-6-27(7-5-17)16-14-15(24-10-23-14)25-11-26-16/h1-3,8,10-11H,4-7,9,22H2,(H,23,24,25,26). The van der Waals surface area contributed by atoms with E-state index in [-0.39, 0.29) is 0 Å². The Kier molecular flexibility index (Phi) is 4.26. The lowest BCUT2D eigenvalue weighted by atomic mass is 9.72. The van der Waals surface area contributed by atoms with Crippen molar-refractivity contribution in [2.45, 2.75) is 24.4 Å². The fraction of sp³-hybridized carbons (Fsp3) is 0.389. The average molecular weight is 376 g/mol. The molecule has 1 aliphatic rings. The molecule has 9 heteroatoms. The lowest BCUT2D eigenvalue weighted by Gasteiger charge is -2.42. The second-order valence-electron chi connectivity index (χ2n) is 6.85. The Hall–Kier alpha value is -2.68. The number of nitrogens with zero attached hydrogens (tertiary/aromatic N) is 4. The minimum absolute atomic E-state index is 0.295. The Bertz CT molecular complexity index is 943. The van der Waals surface area contributed by atoms with Crippen molar-refractivity contribution in [3.05, 3.63) is 48.0 Å². The van der Waals surface area contributed by atoms with Gasteiger partial charge in [-0.05, 0) is 24.5 Å². The quantitative estimate of drug-likeness (QED) is 0.734. The number of rotatable bonds is 3. The maximum absolute atomic E-state index is 13.1. The van der Waals surface area contributed by atoms with E-state index in [1.807, 2.05) is 0 Å². The Balaban J connectivity index is 1.60. The van der Waals surface area contributed by atoms with Crippen LogP contribution in [0.15, 0.2) is 36.9 Å². The van der Waals surface area contributed by atoms with Gasteiger partial charge in [0.05, 0.1) is 11.9 Å². The summed E-state index contributed by atoms with van der Waals surface area (Å²) < 4.78 is 39.3. The molecular formula is C18H19F3N6. The first-order chi connectivity index (χ1) is 12.9. The molecule has 0 saturated carbocycles. The van der Waals surface area contributed by atoms with E-state index in [1.165, 1.54) is 18.5 Å². The van der Waals surface area contributed by atoms with Crippen molar-refractivity contribution in [2.75, 3.05) is 24.5 Å². The van der Waals surface area contributed by atoms with E-state index in [0.29, 0.717) is 49.2 Å². The molecule has 0 bridgehead atoms. The van der Waals surface area contributed by atoms with Gasteiger partial charge < -0.3 is 15.6 Å². The molecule has 2 aromatic heterocycles. The molecule has 0 amide bonds. The summed E-state index contributed by atoms with van der Waals surface area (Å²) in [6, 6.07) is 5.53. The lowest BCUT2D eigenvalue weighted by molar-refractivity contribution is -0.137. The van der Waals surface area contributed by atoms with Gasteiger partial charge in [0, 0.05) is 25.0 Å². The average Bonchev–Trinajstić information content (AvgIpc) is 3.16. The first-order valence-electron chi connectivity index (χ1n) is 8.70. The molecule has 0 atom stereocenters. The van der Waals surface area contributed by atoms with Crippen LogP contribution in [0.1, 0.15) is 24.0 Å². The van der Waals surface area contributed by atoms with Crippen LogP contribution in [0.5, 0.6) is 0 Å². The number of hydrogen-bond donors (Lipinski definition) is 2. The maximum Gasteiger partial charge on any atom is 0.416 e. The number of piperidine rings is 1. The minimum atomic E-state index is -4.36. The third kappa shape index (κ3) is 3.12. The predicted molar refractivity (Wildman–Crippen MR) is 95.3 cm³/mol. The molecule has 3 heterocycles. The Morgan fingerprint density at radius 1 is 1.15 bits per heavy atom. The number of benzene rings is 1. The second kappa shape index (κ2) is 6.49. The molecule has 1 aliphatic heterocycles. The van der Waals surface area contributed by atoms with Crippen molar-refractivity contribution in [3.8, 4) is 0 Å². The van der Waals surface area contributed by atoms with Gasteiger partial charge >= 0.3 is 6.18 Å². The molecule has 3 aromatic rings. The van der Waals surface area contributed by atoms with Gasteiger partial charge in [0.15, 0.2) is 11.5 Å².